The predicted octanol–water partition coefficient (Wildman–Crippen LogP) is 1.45. The number of imidazole rings is 1. The van der Waals surface area contributed by atoms with E-state index in [9.17, 15) is 4.79 Å². The van der Waals surface area contributed by atoms with Crippen LogP contribution in [0.5, 0.6) is 0 Å². The molecule has 5 heteroatoms. The van der Waals surface area contributed by atoms with Crippen molar-refractivity contribution in [1.29, 1.82) is 0 Å². The van der Waals surface area contributed by atoms with Gasteiger partial charge in [0, 0.05) is 25.0 Å². The topological polar surface area (TPSA) is 64.2 Å². The zero-order valence-electron chi connectivity index (χ0n) is 11.5. The molecule has 1 saturated carbocycles. The first-order valence-electron chi connectivity index (χ1n) is 7.29. The highest BCUT2D eigenvalue weighted by atomic mass is 16.2. The van der Waals surface area contributed by atoms with Crippen LogP contribution < -0.4 is 5.73 Å². The molecule has 1 amide bonds. The van der Waals surface area contributed by atoms with Gasteiger partial charge < -0.3 is 15.2 Å². The summed E-state index contributed by atoms with van der Waals surface area (Å²) in [5, 5.41) is 0. The fourth-order valence-electron chi connectivity index (χ4n) is 3.09. The van der Waals surface area contributed by atoms with Gasteiger partial charge in [-0.05, 0) is 25.7 Å². The highest BCUT2D eigenvalue weighted by Crippen LogP contribution is 2.39. The quantitative estimate of drug-likeness (QED) is 0.893. The number of aromatic nitrogens is 2. The molecule has 2 aliphatic rings. The largest absolute Gasteiger partial charge is 0.333 e. The molecule has 3 rings (SSSR count). The van der Waals surface area contributed by atoms with Crippen LogP contribution in [-0.2, 0) is 11.3 Å². The number of hydrogen-bond donors (Lipinski definition) is 1. The highest BCUT2D eigenvalue weighted by Gasteiger charge is 2.44. The molecule has 1 saturated heterocycles. The molecular formula is C14H22N4O. The fraction of sp³-hybridized carbons (Fsp3) is 0.714. The van der Waals surface area contributed by atoms with Crippen LogP contribution in [0.4, 0.5) is 0 Å². The minimum Gasteiger partial charge on any atom is -0.333 e. The number of hydrogen-bond acceptors (Lipinski definition) is 3. The molecule has 5 nitrogen and oxygen atoms in total. The summed E-state index contributed by atoms with van der Waals surface area (Å²) >= 11 is 0. The zero-order chi connectivity index (χ0) is 13.4. The lowest BCUT2D eigenvalue weighted by Gasteiger charge is -2.40. The number of nitrogens with two attached hydrogens (primary N) is 1. The number of aryl methyl sites for hydroxylation is 1. The molecule has 0 radical (unpaired) electrons. The van der Waals surface area contributed by atoms with Gasteiger partial charge in [-0.25, -0.2) is 4.98 Å². The molecule has 1 aromatic rings. The second-order valence-electron chi connectivity index (χ2n) is 5.69. The van der Waals surface area contributed by atoms with Crippen LogP contribution >= 0.6 is 0 Å². The summed E-state index contributed by atoms with van der Waals surface area (Å²) in [6, 6.07) is 0.460. The van der Waals surface area contributed by atoms with Crippen molar-refractivity contribution >= 4 is 5.91 Å². The normalized spacial score (nSPS) is 27.9. The maximum Gasteiger partial charge on any atom is 0.223 e. The van der Waals surface area contributed by atoms with Crippen molar-refractivity contribution in [2.24, 2.45) is 5.73 Å². The van der Waals surface area contributed by atoms with Gasteiger partial charge in [-0.1, -0.05) is 6.92 Å². The van der Waals surface area contributed by atoms with Gasteiger partial charge in [0.2, 0.25) is 5.91 Å². The summed E-state index contributed by atoms with van der Waals surface area (Å²) in [5.74, 6) is 0.262. The monoisotopic (exact) mass is 262 g/mol. The molecule has 0 aromatic carbocycles. The molecule has 19 heavy (non-hydrogen) atoms. The summed E-state index contributed by atoms with van der Waals surface area (Å²) in [6.07, 6.45) is 8.42. The van der Waals surface area contributed by atoms with E-state index in [4.69, 9.17) is 5.73 Å². The Labute approximate surface area is 113 Å². The smallest absolute Gasteiger partial charge is 0.223 e. The second-order valence-corrected chi connectivity index (χ2v) is 5.69. The number of rotatable bonds is 4. The maximum atomic E-state index is 12.2. The number of likely N-dealkylation sites (tertiary alicyclic amines) is 1. The molecule has 104 valence electrons. The van der Waals surface area contributed by atoms with E-state index in [1.165, 1.54) is 0 Å². The molecule has 2 atom stereocenters. The van der Waals surface area contributed by atoms with E-state index in [1.807, 2.05) is 17.4 Å². The number of nitrogens with zero attached hydrogens (tertiary/aromatic N) is 3. The summed E-state index contributed by atoms with van der Waals surface area (Å²) < 4.78 is 2.15. The number of carbonyl (C=O) groups is 1. The Hall–Kier alpha value is -1.36. The zero-order valence-corrected chi connectivity index (χ0v) is 11.5. The van der Waals surface area contributed by atoms with Crippen molar-refractivity contribution in [3.05, 3.63) is 18.2 Å². The molecule has 1 aromatic heterocycles. The van der Waals surface area contributed by atoms with Crippen LogP contribution in [0.3, 0.4) is 0 Å². The third-order valence-electron chi connectivity index (χ3n) is 4.14. The molecule has 2 heterocycles. The van der Waals surface area contributed by atoms with Gasteiger partial charge >= 0.3 is 0 Å². The third-order valence-corrected chi connectivity index (χ3v) is 4.14. The van der Waals surface area contributed by atoms with E-state index < -0.39 is 0 Å². The van der Waals surface area contributed by atoms with Crippen LogP contribution in [0.1, 0.15) is 50.8 Å². The minimum absolute atomic E-state index is 0.0165. The first-order chi connectivity index (χ1) is 9.22. The summed E-state index contributed by atoms with van der Waals surface area (Å²) in [4.78, 5) is 18.5. The van der Waals surface area contributed by atoms with E-state index in [1.54, 1.807) is 0 Å². The van der Waals surface area contributed by atoms with Gasteiger partial charge in [-0.3, -0.25) is 4.79 Å². The lowest BCUT2D eigenvalue weighted by atomic mass is 9.93. The Morgan fingerprint density at radius 3 is 2.89 bits per heavy atom. The van der Waals surface area contributed by atoms with Crippen molar-refractivity contribution in [2.45, 2.75) is 63.7 Å². The predicted molar refractivity (Wildman–Crippen MR) is 72.3 cm³/mol. The van der Waals surface area contributed by atoms with Crippen LogP contribution in [0.25, 0.3) is 0 Å². The van der Waals surface area contributed by atoms with E-state index >= 15 is 0 Å². The Bertz CT molecular complexity index is 466. The van der Waals surface area contributed by atoms with Crippen molar-refractivity contribution in [3.8, 4) is 0 Å². The Balaban J connectivity index is 1.93. The summed E-state index contributed by atoms with van der Waals surface area (Å²) in [5.41, 5.74) is 7.42. The third kappa shape index (κ3) is 2.27. The van der Waals surface area contributed by atoms with Crippen molar-refractivity contribution < 1.29 is 4.79 Å². The molecule has 1 aliphatic carbocycles. The average molecular weight is 262 g/mol. The fourth-order valence-corrected chi connectivity index (χ4v) is 3.09. The van der Waals surface area contributed by atoms with Gasteiger partial charge in [0.25, 0.3) is 0 Å². The molecule has 0 spiro atoms. The van der Waals surface area contributed by atoms with Crippen molar-refractivity contribution in [1.82, 2.24) is 14.5 Å². The van der Waals surface area contributed by atoms with E-state index in [0.717, 1.165) is 37.9 Å². The van der Waals surface area contributed by atoms with Crippen molar-refractivity contribution in [2.75, 3.05) is 0 Å². The summed E-state index contributed by atoms with van der Waals surface area (Å²) in [7, 11) is 0. The minimum atomic E-state index is 0.0165. The lowest BCUT2D eigenvalue weighted by molar-refractivity contribution is -0.138. The lowest BCUT2D eigenvalue weighted by Crippen LogP contribution is -2.50. The van der Waals surface area contributed by atoms with E-state index in [0.29, 0.717) is 12.5 Å². The average Bonchev–Trinajstić information content (AvgIpc) is 3.13. The Kier molecular flexibility index (Phi) is 3.31. The number of piperidine rings is 1. The van der Waals surface area contributed by atoms with Crippen LogP contribution in [0, 0.1) is 0 Å². The maximum absolute atomic E-state index is 12.2. The van der Waals surface area contributed by atoms with Crippen molar-refractivity contribution in [3.63, 3.8) is 0 Å². The van der Waals surface area contributed by atoms with Gasteiger partial charge in [-0.15, -0.1) is 0 Å². The van der Waals surface area contributed by atoms with Crippen LogP contribution in [0.2, 0.25) is 0 Å². The van der Waals surface area contributed by atoms with Gasteiger partial charge in [0.15, 0.2) is 0 Å². The first-order valence-corrected chi connectivity index (χ1v) is 7.29. The first kappa shape index (κ1) is 12.7. The molecule has 2 N–H and O–H groups in total. The van der Waals surface area contributed by atoms with Gasteiger partial charge in [0.1, 0.15) is 0 Å². The molecular weight excluding hydrogens is 240 g/mol. The molecule has 2 fully saturated rings. The van der Waals surface area contributed by atoms with Gasteiger partial charge in [0.05, 0.1) is 24.3 Å². The van der Waals surface area contributed by atoms with E-state index in [2.05, 4.69) is 16.5 Å². The Morgan fingerprint density at radius 1 is 1.42 bits per heavy atom. The highest BCUT2D eigenvalue weighted by molar-refractivity contribution is 5.78. The van der Waals surface area contributed by atoms with Gasteiger partial charge in [-0.2, -0.15) is 0 Å². The van der Waals surface area contributed by atoms with E-state index in [-0.39, 0.29) is 18.0 Å². The summed E-state index contributed by atoms with van der Waals surface area (Å²) in [6.45, 7) is 3.08. The standard InChI is InChI=1S/C14H22N4O/c1-2-7-17-9-16-8-12(17)14-11(15)5-6-13(19)18(14)10-3-4-10/h8-11,14H,2-7,15H2,1H3. The number of carbonyl (C=O) groups excluding carboxylic acids is 1. The van der Waals surface area contributed by atoms with Crippen LogP contribution in [-0.4, -0.2) is 32.4 Å². The molecule has 2 unspecified atom stereocenters. The SMILES string of the molecule is CCCn1cncc1C1C(N)CCC(=O)N1C1CC1. The molecule has 0 bridgehead atoms. The second kappa shape index (κ2) is 4.96. The van der Waals surface area contributed by atoms with Crippen LogP contribution in [0.15, 0.2) is 12.5 Å². The molecule has 1 aliphatic heterocycles. The Morgan fingerprint density at radius 2 is 2.21 bits per heavy atom. The number of amides is 1.